The van der Waals surface area contributed by atoms with Crippen molar-refractivity contribution in [3.63, 3.8) is 0 Å². The minimum Gasteiger partial charge on any atom is -0.429 e. The van der Waals surface area contributed by atoms with Gasteiger partial charge < -0.3 is 29.5 Å². The maximum Gasteiger partial charge on any atom is 0.340 e. The Kier molecular flexibility index (Phi) is 6.54. The molecule has 3 N–H and O–H groups in total. The van der Waals surface area contributed by atoms with Gasteiger partial charge in [0.15, 0.2) is 0 Å². The van der Waals surface area contributed by atoms with Crippen molar-refractivity contribution in [3.8, 4) is 0 Å². The third-order valence-corrected chi connectivity index (χ3v) is 4.29. The summed E-state index contributed by atoms with van der Waals surface area (Å²) in [6.45, 7) is 0.250. The largest absolute Gasteiger partial charge is 0.429 e. The fraction of sp³-hybridized carbons (Fsp3) is 0.350. The minimum atomic E-state index is -1.57. The predicted octanol–water partition coefficient (Wildman–Crippen LogP) is 0.868. The molecular weight excluding hydrogens is 352 g/mol. The summed E-state index contributed by atoms with van der Waals surface area (Å²) < 4.78 is 16.2. The molecule has 5 atom stereocenters. The summed E-state index contributed by atoms with van der Waals surface area (Å²) in [5, 5.41) is 30.3. The van der Waals surface area contributed by atoms with E-state index in [1.807, 2.05) is 30.3 Å². The third kappa shape index (κ3) is 4.91. The van der Waals surface area contributed by atoms with Crippen LogP contribution in [0.15, 0.2) is 60.7 Å². The maximum absolute atomic E-state index is 12.2. The van der Waals surface area contributed by atoms with Gasteiger partial charge in [-0.1, -0.05) is 48.5 Å². The third-order valence-electron chi connectivity index (χ3n) is 4.29. The Morgan fingerprint density at radius 2 is 1.52 bits per heavy atom. The van der Waals surface area contributed by atoms with Crippen molar-refractivity contribution in [1.82, 2.24) is 0 Å². The molecule has 0 spiro atoms. The number of aliphatic hydroxyl groups is 3. The van der Waals surface area contributed by atoms with Crippen LogP contribution in [0.1, 0.15) is 15.9 Å². The Hall–Kier alpha value is -2.29. The zero-order chi connectivity index (χ0) is 19.2. The molecule has 3 rings (SSSR count). The van der Waals surface area contributed by atoms with Crippen LogP contribution in [0.2, 0.25) is 0 Å². The van der Waals surface area contributed by atoms with Crippen molar-refractivity contribution in [3.05, 3.63) is 71.8 Å². The van der Waals surface area contributed by atoms with Gasteiger partial charge in [-0.25, -0.2) is 4.79 Å². The van der Waals surface area contributed by atoms with E-state index < -0.39 is 36.7 Å². The van der Waals surface area contributed by atoms with Crippen molar-refractivity contribution in [1.29, 1.82) is 0 Å². The van der Waals surface area contributed by atoms with E-state index in [0.29, 0.717) is 6.61 Å². The van der Waals surface area contributed by atoms with Crippen LogP contribution in [0.5, 0.6) is 0 Å². The Morgan fingerprint density at radius 3 is 2.19 bits per heavy atom. The van der Waals surface area contributed by atoms with Gasteiger partial charge in [0.1, 0.15) is 24.4 Å². The normalized spacial score (nSPS) is 27.9. The highest BCUT2D eigenvalue weighted by molar-refractivity contribution is 5.89. The van der Waals surface area contributed by atoms with E-state index in [9.17, 15) is 20.1 Å². The number of hydrogen-bond acceptors (Lipinski definition) is 7. The molecule has 1 heterocycles. The van der Waals surface area contributed by atoms with E-state index in [4.69, 9.17) is 14.2 Å². The highest BCUT2D eigenvalue weighted by Crippen LogP contribution is 2.23. The number of esters is 1. The van der Waals surface area contributed by atoms with E-state index >= 15 is 0 Å². The molecule has 1 fully saturated rings. The van der Waals surface area contributed by atoms with Gasteiger partial charge in [0, 0.05) is 0 Å². The molecule has 2 aromatic carbocycles. The number of rotatable bonds is 6. The fourth-order valence-electron chi connectivity index (χ4n) is 2.77. The Labute approximate surface area is 156 Å². The first kappa shape index (κ1) is 19.5. The molecule has 1 aliphatic heterocycles. The molecule has 7 nitrogen and oxygen atoms in total. The Bertz CT molecular complexity index is 722. The number of ether oxygens (including phenoxy) is 3. The zero-order valence-corrected chi connectivity index (χ0v) is 14.5. The van der Waals surface area contributed by atoms with Gasteiger partial charge >= 0.3 is 5.97 Å². The first-order chi connectivity index (χ1) is 13.1. The molecule has 27 heavy (non-hydrogen) atoms. The van der Waals surface area contributed by atoms with Gasteiger partial charge in [0.05, 0.1) is 18.8 Å². The molecule has 1 aliphatic rings. The van der Waals surface area contributed by atoms with E-state index in [0.717, 1.165) is 5.56 Å². The average Bonchev–Trinajstić information content (AvgIpc) is 2.71. The van der Waals surface area contributed by atoms with Crippen molar-refractivity contribution >= 4 is 5.97 Å². The molecule has 1 saturated heterocycles. The van der Waals surface area contributed by atoms with Crippen LogP contribution < -0.4 is 0 Å². The van der Waals surface area contributed by atoms with Gasteiger partial charge in [-0.15, -0.1) is 0 Å². The summed E-state index contributed by atoms with van der Waals surface area (Å²) in [5.74, 6) is -0.702. The number of carbonyl (C=O) groups excluding carboxylic acids is 1. The van der Waals surface area contributed by atoms with Gasteiger partial charge in [-0.3, -0.25) is 0 Å². The van der Waals surface area contributed by atoms with Crippen molar-refractivity contribution in [2.24, 2.45) is 0 Å². The van der Waals surface area contributed by atoms with Crippen molar-refractivity contribution in [2.45, 2.75) is 37.3 Å². The smallest absolute Gasteiger partial charge is 0.340 e. The molecule has 7 heteroatoms. The molecule has 0 amide bonds. The number of benzene rings is 2. The van der Waals surface area contributed by atoms with Gasteiger partial charge in [-0.05, 0) is 17.7 Å². The van der Waals surface area contributed by atoms with E-state index in [2.05, 4.69) is 0 Å². The predicted molar refractivity (Wildman–Crippen MR) is 94.6 cm³/mol. The second kappa shape index (κ2) is 9.07. The molecule has 144 valence electrons. The fourth-order valence-corrected chi connectivity index (χ4v) is 2.77. The first-order valence-corrected chi connectivity index (χ1v) is 8.63. The van der Waals surface area contributed by atoms with E-state index in [1.54, 1.807) is 30.3 Å². The quantitative estimate of drug-likeness (QED) is 0.644. The summed E-state index contributed by atoms with van der Waals surface area (Å²) in [5.41, 5.74) is 1.22. The SMILES string of the molecule is O=C(OC1O[C@H](COCc2ccccc2)[C@@H](O)[C@H](O)[C@H]1O)c1ccccc1. The topological polar surface area (TPSA) is 105 Å². The van der Waals surface area contributed by atoms with Crippen LogP contribution in [-0.4, -0.2) is 58.6 Å². The maximum atomic E-state index is 12.2. The van der Waals surface area contributed by atoms with Crippen molar-refractivity contribution < 1.29 is 34.3 Å². The Morgan fingerprint density at radius 1 is 0.889 bits per heavy atom. The summed E-state index contributed by atoms with van der Waals surface area (Å²) in [6, 6.07) is 17.6. The molecule has 0 aliphatic carbocycles. The van der Waals surface area contributed by atoms with Crippen LogP contribution in [-0.2, 0) is 20.8 Å². The monoisotopic (exact) mass is 374 g/mol. The highest BCUT2D eigenvalue weighted by atomic mass is 16.7. The number of hydrogen-bond donors (Lipinski definition) is 3. The van der Waals surface area contributed by atoms with Crippen LogP contribution in [0, 0.1) is 0 Å². The second-order valence-electron chi connectivity index (χ2n) is 6.29. The lowest BCUT2D eigenvalue weighted by molar-refractivity contribution is -0.287. The minimum absolute atomic E-state index is 0.0424. The van der Waals surface area contributed by atoms with Crippen LogP contribution >= 0.6 is 0 Å². The zero-order valence-electron chi connectivity index (χ0n) is 14.5. The average molecular weight is 374 g/mol. The van der Waals surface area contributed by atoms with E-state index in [1.165, 1.54) is 0 Å². The van der Waals surface area contributed by atoms with Crippen LogP contribution in [0.25, 0.3) is 0 Å². The molecule has 1 unspecified atom stereocenters. The second-order valence-corrected chi connectivity index (χ2v) is 6.29. The molecule has 0 radical (unpaired) electrons. The summed E-state index contributed by atoms with van der Waals surface area (Å²) in [6.07, 6.45) is -6.85. The summed E-state index contributed by atoms with van der Waals surface area (Å²) in [7, 11) is 0. The lowest BCUT2D eigenvalue weighted by Crippen LogP contribution is -2.59. The molecule has 0 aromatic heterocycles. The molecule has 2 aromatic rings. The van der Waals surface area contributed by atoms with E-state index in [-0.39, 0.29) is 12.2 Å². The highest BCUT2D eigenvalue weighted by Gasteiger charge is 2.45. The van der Waals surface area contributed by atoms with Gasteiger partial charge in [0.25, 0.3) is 0 Å². The van der Waals surface area contributed by atoms with Gasteiger partial charge in [-0.2, -0.15) is 0 Å². The lowest BCUT2D eigenvalue weighted by Gasteiger charge is -2.39. The van der Waals surface area contributed by atoms with Crippen molar-refractivity contribution in [2.75, 3.05) is 6.61 Å². The molecule has 0 bridgehead atoms. The molecular formula is C20H22O7. The van der Waals surface area contributed by atoms with Gasteiger partial charge in [0.2, 0.25) is 6.29 Å². The first-order valence-electron chi connectivity index (χ1n) is 8.63. The summed E-state index contributed by atoms with van der Waals surface area (Å²) in [4.78, 5) is 12.2. The van der Waals surface area contributed by atoms with Crippen LogP contribution in [0.3, 0.4) is 0 Å². The number of carbonyl (C=O) groups is 1. The number of aliphatic hydroxyl groups excluding tert-OH is 3. The van der Waals surface area contributed by atoms with Crippen LogP contribution in [0.4, 0.5) is 0 Å². The Balaban J connectivity index is 1.59. The summed E-state index contributed by atoms with van der Waals surface area (Å²) >= 11 is 0. The molecule has 0 saturated carbocycles. The lowest BCUT2D eigenvalue weighted by atomic mass is 9.99. The standard InChI is InChI=1S/C20H22O7/c21-16-15(12-25-11-13-7-3-1-4-8-13)26-20(18(23)17(16)22)27-19(24)14-9-5-2-6-10-14/h1-10,15-18,20-23H,11-12H2/t15-,16-,17+,18-,20?/m1/s1.